The molecule has 0 aliphatic carbocycles. The maximum Gasteiger partial charge on any atom is 0.270 e. The number of carbonyl (C=O) groups is 2. The average Bonchev–Trinajstić information content (AvgIpc) is 2.64. The standard InChI is InChI=1S/C20H17FN2O2/c21-15-7-5-14(6-8-15)19(24)11-17-20(25)23-10-9-13-3-1-2-4-16(13)18(23)12-22-17/h1-8,11,18,22H,9-10,12H2/t18-/m0/s1. The van der Waals surface area contributed by atoms with Gasteiger partial charge in [-0.2, -0.15) is 0 Å². The Morgan fingerprint density at radius 3 is 2.72 bits per heavy atom. The van der Waals surface area contributed by atoms with Crippen LogP contribution in [0.1, 0.15) is 27.5 Å². The molecule has 1 fully saturated rings. The predicted molar refractivity (Wildman–Crippen MR) is 91.4 cm³/mol. The number of hydrogen-bond donors (Lipinski definition) is 1. The van der Waals surface area contributed by atoms with Crippen LogP contribution in [0, 0.1) is 5.82 Å². The van der Waals surface area contributed by atoms with Crippen LogP contribution in [0.4, 0.5) is 4.39 Å². The maximum atomic E-state index is 13.0. The molecule has 0 saturated carbocycles. The van der Waals surface area contributed by atoms with Crippen LogP contribution in [-0.2, 0) is 11.2 Å². The number of nitrogens with zero attached hydrogens (tertiary/aromatic N) is 1. The van der Waals surface area contributed by atoms with Crippen LogP contribution in [0.2, 0.25) is 0 Å². The fraction of sp³-hybridized carbons (Fsp3) is 0.200. The van der Waals surface area contributed by atoms with Gasteiger partial charge in [-0.1, -0.05) is 24.3 Å². The number of ketones is 1. The van der Waals surface area contributed by atoms with Crippen LogP contribution in [0.3, 0.4) is 0 Å². The highest BCUT2D eigenvalue weighted by atomic mass is 19.1. The minimum absolute atomic E-state index is 0.00415. The van der Waals surface area contributed by atoms with E-state index in [1.807, 2.05) is 17.0 Å². The quantitative estimate of drug-likeness (QED) is 0.677. The van der Waals surface area contributed by atoms with Crippen molar-refractivity contribution < 1.29 is 14.0 Å². The van der Waals surface area contributed by atoms with Gasteiger partial charge in [0.05, 0.1) is 6.04 Å². The Labute approximate surface area is 145 Å². The monoisotopic (exact) mass is 336 g/mol. The van der Waals surface area contributed by atoms with Crippen LogP contribution < -0.4 is 5.32 Å². The lowest BCUT2D eigenvalue weighted by molar-refractivity contribution is -0.132. The molecule has 4 nitrogen and oxygen atoms in total. The van der Waals surface area contributed by atoms with Gasteiger partial charge in [-0.05, 0) is 41.8 Å². The second kappa shape index (κ2) is 6.16. The largest absolute Gasteiger partial charge is 0.378 e. The predicted octanol–water partition coefficient (Wildman–Crippen LogP) is 2.62. The highest BCUT2D eigenvalue weighted by molar-refractivity contribution is 6.09. The van der Waals surface area contributed by atoms with E-state index in [4.69, 9.17) is 0 Å². The molecule has 2 aromatic carbocycles. The maximum absolute atomic E-state index is 13.0. The van der Waals surface area contributed by atoms with Crippen molar-refractivity contribution in [2.75, 3.05) is 13.1 Å². The zero-order chi connectivity index (χ0) is 17.4. The molecule has 5 heteroatoms. The van der Waals surface area contributed by atoms with Gasteiger partial charge in [0.2, 0.25) is 0 Å². The molecule has 1 atom stereocenters. The van der Waals surface area contributed by atoms with Crippen LogP contribution in [0.15, 0.2) is 60.3 Å². The number of halogens is 1. The van der Waals surface area contributed by atoms with Crippen molar-refractivity contribution in [3.05, 3.63) is 82.8 Å². The van der Waals surface area contributed by atoms with Gasteiger partial charge in [0.1, 0.15) is 11.5 Å². The third-order valence-corrected chi connectivity index (χ3v) is 4.79. The molecule has 126 valence electrons. The van der Waals surface area contributed by atoms with Crippen LogP contribution in [0.5, 0.6) is 0 Å². The highest BCUT2D eigenvalue weighted by Gasteiger charge is 2.36. The molecule has 1 amide bonds. The van der Waals surface area contributed by atoms with Crippen LogP contribution >= 0.6 is 0 Å². The summed E-state index contributed by atoms with van der Waals surface area (Å²) in [6, 6.07) is 13.5. The Morgan fingerprint density at radius 2 is 1.92 bits per heavy atom. The first-order valence-corrected chi connectivity index (χ1v) is 8.28. The first kappa shape index (κ1) is 15.6. The Kier molecular flexibility index (Phi) is 3.84. The molecule has 0 radical (unpaired) electrons. The van der Waals surface area contributed by atoms with Crippen molar-refractivity contribution in [1.29, 1.82) is 0 Å². The van der Waals surface area contributed by atoms with E-state index in [1.54, 1.807) is 0 Å². The summed E-state index contributed by atoms with van der Waals surface area (Å²) in [7, 11) is 0. The molecule has 2 aromatic rings. The van der Waals surface area contributed by atoms with Gasteiger partial charge in [0.25, 0.3) is 5.91 Å². The van der Waals surface area contributed by atoms with Gasteiger partial charge in [0.15, 0.2) is 5.78 Å². The van der Waals surface area contributed by atoms with E-state index in [1.165, 1.54) is 41.5 Å². The topological polar surface area (TPSA) is 49.4 Å². The van der Waals surface area contributed by atoms with Crippen molar-refractivity contribution in [2.24, 2.45) is 0 Å². The second-order valence-electron chi connectivity index (χ2n) is 6.27. The molecular weight excluding hydrogens is 319 g/mol. The van der Waals surface area contributed by atoms with Gasteiger partial charge in [-0.25, -0.2) is 4.39 Å². The van der Waals surface area contributed by atoms with E-state index in [-0.39, 0.29) is 17.7 Å². The van der Waals surface area contributed by atoms with E-state index < -0.39 is 5.82 Å². The van der Waals surface area contributed by atoms with E-state index in [2.05, 4.69) is 17.4 Å². The molecular formula is C20H17FN2O2. The first-order chi connectivity index (χ1) is 12.1. The summed E-state index contributed by atoms with van der Waals surface area (Å²) in [5.41, 5.74) is 3.09. The average molecular weight is 336 g/mol. The van der Waals surface area contributed by atoms with Gasteiger partial charge in [-0.3, -0.25) is 9.59 Å². The third kappa shape index (κ3) is 2.82. The summed E-state index contributed by atoms with van der Waals surface area (Å²) in [4.78, 5) is 26.9. The fourth-order valence-electron chi connectivity index (χ4n) is 3.49. The molecule has 2 aliphatic rings. The van der Waals surface area contributed by atoms with E-state index in [0.29, 0.717) is 24.4 Å². The van der Waals surface area contributed by atoms with Crippen LogP contribution in [-0.4, -0.2) is 29.7 Å². The summed E-state index contributed by atoms with van der Waals surface area (Å²) in [6.45, 7) is 1.22. The molecule has 1 N–H and O–H groups in total. The molecule has 0 bridgehead atoms. The zero-order valence-electron chi connectivity index (χ0n) is 13.5. The summed E-state index contributed by atoms with van der Waals surface area (Å²) >= 11 is 0. The number of hydrogen-bond acceptors (Lipinski definition) is 3. The molecule has 0 spiro atoms. The van der Waals surface area contributed by atoms with Crippen LogP contribution in [0.25, 0.3) is 0 Å². The molecule has 2 aliphatic heterocycles. The van der Waals surface area contributed by atoms with Crippen molar-refractivity contribution in [1.82, 2.24) is 10.2 Å². The molecule has 4 rings (SSSR count). The number of allylic oxidation sites excluding steroid dienone is 1. The zero-order valence-corrected chi connectivity index (χ0v) is 13.5. The number of carbonyl (C=O) groups excluding carboxylic acids is 2. The Hall–Kier alpha value is -2.95. The van der Waals surface area contributed by atoms with E-state index in [0.717, 1.165) is 6.42 Å². The van der Waals surface area contributed by atoms with E-state index in [9.17, 15) is 14.0 Å². The molecule has 0 unspecified atom stereocenters. The summed E-state index contributed by atoms with van der Waals surface area (Å²) < 4.78 is 13.0. The number of fused-ring (bicyclic) bond motifs is 3. The number of amides is 1. The lowest BCUT2D eigenvalue weighted by Gasteiger charge is -2.41. The van der Waals surface area contributed by atoms with E-state index >= 15 is 0 Å². The van der Waals surface area contributed by atoms with Gasteiger partial charge < -0.3 is 10.2 Å². The Morgan fingerprint density at radius 1 is 1.16 bits per heavy atom. The molecule has 0 aromatic heterocycles. The van der Waals surface area contributed by atoms with Gasteiger partial charge in [0, 0.05) is 24.7 Å². The molecule has 2 heterocycles. The lowest BCUT2D eigenvalue weighted by Crippen LogP contribution is -2.51. The first-order valence-electron chi connectivity index (χ1n) is 8.28. The van der Waals surface area contributed by atoms with Crippen molar-refractivity contribution in [3.63, 3.8) is 0 Å². The summed E-state index contributed by atoms with van der Waals surface area (Å²) in [5, 5.41) is 3.10. The summed E-state index contributed by atoms with van der Waals surface area (Å²) in [6.07, 6.45) is 2.13. The number of rotatable bonds is 2. The molecule has 1 saturated heterocycles. The second-order valence-corrected chi connectivity index (χ2v) is 6.27. The minimum Gasteiger partial charge on any atom is -0.378 e. The van der Waals surface area contributed by atoms with Gasteiger partial charge in [-0.15, -0.1) is 0 Å². The molecule has 25 heavy (non-hydrogen) atoms. The number of piperazine rings is 1. The SMILES string of the molecule is O=C(C=C1NC[C@H]2c3ccccc3CCN2C1=O)c1ccc(F)cc1. The smallest absolute Gasteiger partial charge is 0.270 e. The fourth-order valence-corrected chi connectivity index (χ4v) is 3.49. The van der Waals surface area contributed by atoms with Crippen molar-refractivity contribution in [2.45, 2.75) is 12.5 Å². The normalized spacial score (nSPS) is 20.7. The highest BCUT2D eigenvalue weighted by Crippen LogP contribution is 2.32. The third-order valence-electron chi connectivity index (χ3n) is 4.79. The lowest BCUT2D eigenvalue weighted by atomic mass is 9.90. The Bertz CT molecular complexity index is 874. The Balaban J connectivity index is 1.58. The number of nitrogens with one attached hydrogen (secondary N) is 1. The summed E-state index contributed by atoms with van der Waals surface area (Å²) in [5.74, 6) is -0.876. The minimum atomic E-state index is -0.397. The van der Waals surface area contributed by atoms with Crippen molar-refractivity contribution >= 4 is 11.7 Å². The van der Waals surface area contributed by atoms with Crippen molar-refractivity contribution in [3.8, 4) is 0 Å². The number of benzene rings is 2. The van der Waals surface area contributed by atoms with Gasteiger partial charge >= 0.3 is 0 Å².